The second-order valence-electron chi connectivity index (χ2n) is 8.29. The lowest BCUT2D eigenvalue weighted by Crippen LogP contribution is -2.32. The highest BCUT2D eigenvalue weighted by Gasteiger charge is 2.33. The van der Waals surface area contributed by atoms with Gasteiger partial charge < -0.3 is 4.90 Å². The fourth-order valence-electron chi connectivity index (χ4n) is 4.29. The Morgan fingerprint density at radius 3 is 1.82 bits per heavy atom. The maximum absolute atomic E-state index is 13.6. The van der Waals surface area contributed by atoms with Crippen molar-refractivity contribution in [3.63, 3.8) is 0 Å². The molecule has 1 saturated heterocycles. The van der Waals surface area contributed by atoms with Gasteiger partial charge in [-0.15, -0.1) is 0 Å². The molecule has 33 heavy (non-hydrogen) atoms. The first-order chi connectivity index (χ1) is 15.8. The molecule has 1 aromatic heterocycles. The zero-order valence-electron chi connectivity index (χ0n) is 18.3. The highest BCUT2D eigenvalue weighted by molar-refractivity contribution is 7.92. The van der Waals surface area contributed by atoms with E-state index in [9.17, 15) is 16.8 Å². The largest absolute Gasteiger partial charge is 0.356 e. The maximum atomic E-state index is 13.6. The van der Waals surface area contributed by atoms with Gasteiger partial charge in [0.2, 0.25) is 10.0 Å². The summed E-state index contributed by atoms with van der Waals surface area (Å²) in [6.45, 7) is 1.87. The molecule has 1 fully saturated rings. The molecule has 2 aliphatic heterocycles. The monoisotopic (exact) mass is 487 g/mol. The van der Waals surface area contributed by atoms with Crippen molar-refractivity contribution in [1.29, 1.82) is 0 Å². The van der Waals surface area contributed by atoms with Crippen LogP contribution >= 0.6 is 0 Å². The van der Waals surface area contributed by atoms with Crippen molar-refractivity contribution in [2.75, 3.05) is 42.4 Å². The number of aromatic nitrogens is 2. The highest BCUT2D eigenvalue weighted by Crippen LogP contribution is 2.34. The lowest BCUT2D eigenvalue weighted by Gasteiger charge is -2.24. The smallest absolute Gasteiger partial charge is 0.265 e. The molecule has 0 unspecified atom stereocenters. The quantitative estimate of drug-likeness (QED) is 0.557. The van der Waals surface area contributed by atoms with E-state index in [1.54, 1.807) is 6.07 Å². The molecule has 0 amide bonds. The molecule has 174 valence electrons. The highest BCUT2D eigenvalue weighted by atomic mass is 32.2. The molecule has 0 spiro atoms. The van der Waals surface area contributed by atoms with Crippen LogP contribution in [-0.4, -0.2) is 64.3 Å². The molecule has 2 aliphatic rings. The van der Waals surface area contributed by atoms with Gasteiger partial charge in [-0.2, -0.15) is 4.31 Å². The molecule has 3 aromatic rings. The van der Waals surface area contributed by atoms with Crippen LogP contribution in [0.4, 0.5) is 11.6 Å². The maximum Gasteiger partial charge on any atom is 0.265 e. The second kappa shape index (κ2) is 8.23. The number of rotatable bonds is 4. The van der Waals surface area contributed by atoms with Crippen LogP contribution in [0.15, 0.2) is 58.3 Å². The Labute approximate surface area is 193 Å². The third-order valence-electron chi connectivity index (χ3n) is 6.10. The summed E-state index contributed by atoms with van der Waals surface area (Å²) < 4.78 is 55.6. The minimum atomic E-state index is -3.98. The third-order valence-corrected chi connectivity index (χ3v) is 9.82. The standard InChI is InChI=1S/C22H25N5O4S2/c1-25-13-6-16-27(22-21(25)23-19-7-2-3-8-20(19)24-22)33(30,31)18-11-9-17(10-12-18)32(28,29)26-14-4-5-15-26/h2-3,7-12H,4-6,13-16H2,1H3. The molecule has 2 aromatic carbocycles. The summed E-state index contributed by atoms with van der Waals surface area (Å²) in [6.07, 6.45) is 2.28. The van der Waals surface area contributed by atoms with Crippen LogP contribution < -0.4 is 9.21 Å². The van der Waals surface area contributed by atoms with Crippen molar-refractivity contribution in [2.24, 2.45) is 0 Å². The van der Waals surface area contributed by atoms with Crippen LogP contribution in [0.5, 0.6) is 0 Å². The molecule has 0 aliphatic carbocycles. The van der Waals surface area contributed by atoms with Gasteiger partial charge in [0.1, 0.15) is 0 Å². The van der Waals surface area contributed by atoms with Crippen LogP contribution in [0.3, 0.4) is 0 Å². The summed E-state index contributed by atoms with van der Waals surface area (Å²) in [5.74, 6) is 0.783. The van der Waals surface area contributed by atoms with E-state index in [1.165, 1.54) is 32.9 Å². The van der Waals surface area contributed by atoms with Crippen LogP contribution in [0.25, 0.3) is 11.0 Å². The fraction of sp³-hybridized carbons (Fsp3) is 0.364. The van der Waals surface area contributed by atoms with Gasteiger partial charge in [-0.05, 0) is 55.7 Å². The SMILES string of the molecule is CN1CCCN(S(=O)(=O)c2ccc(S(=O)(=O)N3CCCC3)cc2)c2nc3ccccc3nc21. The van der Waals surface area contributed by atoms with E-state index in [1.807, 2.05) is 30.1 Å². The molecular weight excluding hydrogens is 462 g/mol. The third kappa shape index (κ3) is 3.83. The summed E-state index contributed by atoms with van der Waals surface area (Å²) >= 11 is 0. The first-order valence-electron chi connectivity index (χ1n) is 10.9. The Morgan fingerprint density at radius 2 is 1.21 bits per heavy atom. The Kier molecular flexibility index (Phi) is 5.50. The first-order valence-corrected chi connectivity index (χ1v) is 13.8. The van der Waals surface area contributed by atoms with Crippen molar-refractivity contribution in [1.82, 2.24) is 14.3 Å². The molecule has 0 saturated carbocycles. The van der Waals surface area contributed by atoms with Gasteiger partial charge in [-0.1, -0.05) is 12.1 Å². The van der Waals surface area contributed by atoms with Gasteiger partial charge in [0.25, 0.3) is 10.0 Å². The average Bonchev–Trinajstić information content (AvgIpc) is 3.32. The van der Waals surface area contributed by atoms with Gasteiger partial charge in [0, 0.05) is 33.2 Å². The van der Waals surface area contributed by atoms with E-state index in [-0.39, 0.29) is 22.2 Å². The molecule has 9 nitrogen and oxygen atoms in total. The molecule has 0 atom stereocenters. The normalized spacial score (nSPS) is 17.8. The van der Waals surface area contributed by atoms with E-state index >= 15 is 0 Å². The lowest BCUT2D eigenvalue weighted by molar-refractivity contribution is 0.477. The van der Waals surface area contributed by atoms with Gasteiger partial charge in [-0.3, -0.25) is 0 Å². The van der Waals surface area contributed by atoms with Crippen molar-refractivity contribution < 1.29 is 16.8 Å². The van der Waals surface area contributed by atoms with Crippen molar-refractivity contribution >= 4 is 42.7 Å². The Hall–Kier alpha value is -2.76. The lowest BCUT2D eigenvalue weighted by atomic mass is 10.3. The average molecular weight is 488 g/mol. The molecule has 11 heteroatoms. The van der Waals surface area contributed by atoms with Gasteiger partial charge in [0.05, 0.1) is 20.8 Å². The van der Waals surface area contributed by atoms with Crippen LogP contribution in [0, 0.1) is 0 Å². The predicted molar refractivity (Wildman–Crippen MR) is 126 cm³/mol. The molecule has 0 N–H and O–H groups in total. The topological polar surface area (TPSA) is 104 Å². The summed E-state index contributed by atoms with van der Waals surface area (Å²) in [5.41, 5.74) is 1.30. The number of anilines is 2. The van der Waals surface area contributed by atoms with E-state index in [2.05, 4.69) is 9.97 Å². The Morgan fingerprint density at radius 1 is 0.667 bits per heavy atom. The molecular formula is C22H25N5O4S2. The number of sulfonamides is 2. The van der Waals surface area contributed by atoms with Crippen LogP contribution in [0.2, 0.25) is 0 Å². The van der Waals surface area contributed by atoms with E-state index < -0.39 is 20.0 Å². The molecule has 5 rings (SSSR count). The number of hydrogen-bond donors (Lipinski definition) is 0. The minimum absolute atomic E-state index is 0.0216. The number of nitrogens with zero attached hydrogens (tertiary/aromatic N) is 5. The molecule has 0 bridgehead atoms. The van der Waals surface area contributed by atoms with Crippen molar-refractivity contribution in [3.8, 4) is 0 Å². The summed E-state index contributed by atoms with van der Waals surface area (Å²) in [7, 11) is -5.72. The second-order valence-corrected chi connectivity index (χ2v) is 12.1. The summed E-state index contributed by atoms with van der Waals surface area (Å²) in [4.78, 5) is 11.4. The zero-order valence-corrected chi connectivity index (χ0v) is 19.9. The first kappa shape index (κ1) is 22.1. The van der Waals surface area contributed by atoms with E-state index in [0.717, 1.165) is 12.8 Å². The minimum Gasteiger partial charge on any atom is -0.356 e. The van der Waals surface area contributed by atoms with Crippen molar-refractivity contribution in [2.45, 2.75) is 29.1 Å². The van der Waals surface area contributed by atoms with E-state index in [0.29, 0.717) is 42.9 Å². The summed E-state index contributed by atoms with van der Waals surface area (Å²) in [5, 5.41) is 0. The molecule has 3 heterocycles. The fourth-order valence-corrected chi connectivity index (χ4v) is 7.26. The number of hydrogen-bond acceptors (Lipinski definition) is 7. The van der Waals surface area contributed by atoms with Gasteiger partial charge >= 0.3 is 0 Å². The van der Waals surface area contributed by atoms with E-state index in [4.69, 9.17) is 0 Å². The predicted octanol–water partition coefficient (Wildman–Crippen LogP) is 2.45. The van der Waals surface area contributed by atoms with Crippen LogP contribution in [-0.2, 0) is 20.0 Å². The Bertz CT molecular complexity index is 1400. The zero-order chi connectivity index (χ0) is 23.2. The number of benzene rings is 2. The number of para-hydroxylation sites is 2. The van der Waals surface area contributed by atoms with Crippen molar-refractivity contribution in [3.05, 3.63) is 48.5 Å². The summed E-state index contributed by atoms with van der Waals surface area (Å²) in [6, 6.07) is 12.8. The Balaban J connectivity index is 1.55. The number of fused-ring (bicyclic) bond motifs is 2. The van der Waals surface area contributed by atoms with Gasteiger partial charge in [0.15, 0.2) is 11.6 Å². The van der Waals surface area contributed by atoms with Crippen LogP contribution in [0.1, 0.15) is 19.3 Å². The van der Waals surface area contributed by atoms with Gasteiger partial charge in [-0.25, -0.2) is 31.1 Å². The molecule has 0 radical (unpaired) electrons.